The number of carbonyl (C=O) groups excluding carboxylic acids is 3. The Morgan fingerprint density at radius 1 is 1.29 bits per heavy atom. The van der Waals surface area contributed by atoms with Crippen molar-refractivity contribution < 1.29 is 58.9 Å². The second-order valence-corrected chi connectivity index (χ2v) is 8.45. The Morgan fingerprint density at radius 3 is 2.36 bits per heavy atom. The number of allylic oxidation sites excluding steroid dienone is 1. The predicted molar refractivity (Wildman–Crippen MR) is 99.5 cm³/mol. The van der Waals surface area contributed by atoms with E-state index < -0.39 is 23.9 Å². The molecule has 2 atom stereocenters. The molecule has 1 unspecified atom stereocenters. The number of hydrogen-bond donors (Lipinski definition) is 3. The zero-order valence-corrected chi connectivity index (χ0v) is 19.7. The summed E-state index contributed by atoms with van der Waals surface area (Å²) in [5.41, 5.74) is -0.163. The van der Waals surface area contributed by atoms with Crippen molar-refractivity contribution in [3.63, 3.8) is 0 Å². The van der Waals surface area contributed by atoms with Gasteiger partial charge in [0.15, 0.2) is 0 Å². The number of nitrogens with one attached hydrogen (secondary N) is 2. The molecule has 1 fully saturated rings. The molecular formula is C18H27N2NaO6S. The first-order chi connectivity index (χ1) is 12.5. The molecule has 0 radical (unpaired) electrons. The minimum Gasteiger partial charge on any atom is -0.548 e. The van der Waals surface area contributed by atoms with Crippen LogP contribution in [0.2, 0.25) is 0 Å². The van der Waals surface area contributed by atoms with E-state index in [9.17, 15) is 29.4 Å². The van der Waals surface area contributed by atoms with Crippen LogP contribution in [0.4, 0.5) is 0 Å². The van der Waals surface area contributed by atoms with E-state index in [1.165, 1.54) is 24.8 Å². The Morgan fingerprint density at radius 2 is 1.89 bits per heavy atom. The average molecular weight is 422 g/mol. The summed E-state index contributed by atoms with van der Waals surface area (Å²) in [5.74, 6) is -2.42. The van der Waals surface area contributed by atoms with E-state index in [0.717, 1.165) is 12.8 Å². The third kappa shape index (κ3) is 9.95. The molecule has 0 heterocycles. The van der Waals surface area contributed by atoms with E-state index in [2.05, 4.69) is 10.6 Å². The second-order valence-electron chi connectivity index (χ2n) is 7.30. The molecule has 10 heteroatoms. The maximum atomic E-state index is 12.0. The molecule has 3 N–H and O–H groups in total. The zero-order valence-electron chi connectivity index (χ0n) is 16.9. The molecule has 1 saturated carbocycles. The van der Waals surface area contributed by atoms with Crippen molar-refractivity contribution in [1.82, 2.24) is 10.6 Å². The summed E-state index contributed by atoms with van der Waals surface area (Å²) >= 11 is 1.38. The normalized spacial score (nSPS) is 18.4. The maximum absolute atomic E-state index is 12.0. The first-order valence-electron chi connectivity index (χ1n) is 8.84. The van der Waals surface area contributed by atoms with Crippen LogP contribution in [0, 0.1) is 11.3 Å². The van der Waals surface area contributed by atoms with Gasteiger partial charge in [0.05, 0.1) is 12.0 Å². The molecule has 152 valence electrons. The predicted octanol–water partition coefficient (Wildman–Crippen LogP) is -2.72. The third-order valence-corrected chi connectivity index (χ3v) is 5.50. The van der Waals surface area contributed by atoms with Gasteiger partial charge in [-0.3, -0.25) is 9.59 Å². The van der Waals surface area contributed by atoms with Crippen molar-refractivity contribution in [2.45, 2.75) is 52.5 Å². The minimum atomic E-state index is -1.32. The first-order valence-corrected chi connectivity index (χ1v) is 10.00. The van der Waals surface area contributed by atoms with Crippen LogP contribution in [-0.4, -0.2) is 46.4 Å². The molecule has 0 aromatic rings. The van der Waals surface area contributed by atoms with Crippen LogP contribution in [0.25, 0.3) is 0 Å². The first kappa shape index (κ1) is 27.0. The van der Waals surface area contributed by atoms with E-state index in [1.54, 1.807) is 0 Å². The molecule has 0 aromatic carbocycles. The third-order valence-electron chi connectivity index (χ3n) is 4.36. The van der Waals surface area contributed by atoms with Crippen LogP contribution in [0.1, 0.15) is 46.5 Å². The number of aliphatic carboxylic acids is 2. The van der Waals surface area contributed by atoms with E-state index in [1.807, 2.05) is 13.8 Å². The van der Waals surface area contributed by atoms with E-state index >= 15 is 0 Å². The fraction of sp³-hybridized carbons (Fsp3) is 0.667. The number of carboxylic acids is 2. The number of rotatable bonds is 12. The molecule has 0 bridgehead atoms. The standard InChI is InChI=1S/C18H28N2O6S.Na/c1-11(21)19-14(17(25)26)10-27-8-6-4-5-7-13(16(23)24)20-15(22)12-9-18(12,2)3;/h7,12,14H,4-6,8-10H2,1-3H3,(H,19,21)(H,20,22)(H,23,24)(H,25,26);/q;+1/p-1/b13-7-;/t12-,14?;/m1./s1. The molecule has 0 aliphatic heterocycles. The Bertz CT molecular complexity index is 623. The molecule has 0 saturated heterocycles. The number of amides is 2. The summed E-state index contributed by atoms with van der Waals surface area (Å²) in [7, 11) is 0. The number of unbranched alkanes of at least 4 members (excludes halogenated alkanes) is 2. The molecule has 0 aromatic heterocycles. The van der Waals surface area contributed by atoms with Crippen molar-refractivity contribution in [3.05, 3.63) is 11.8 Å². The van der Waals surface area contributed by atoms with Crippen LogP contribution in [0.3, 0.4) is 0 Å². The van der Waals surface area contributed by atoms with E-state index in [0.29, 0.717) is 18.6 Å². The molecule has 0 spiro atoms. The van der Waals surface area contributed by atoms with Gasteiger partial charge in [-0.15, -0.1) is 0 Å². The summed E-state index contributed by atoms with van der Waals surface area (Å²) in [4.78, 5) is 45.0. The fourth-order valence-electron chi connectivity index (χ4n) is 2.54. The van der Waals surface area contributed by atoms with Gasteiger partial charge in [-0.05, 0) is 36.9 Å². The SMILES string of the molecule is CC(=O)NC(CSCCCC/C=C(\NC(=O)[C@H]1CC1(C)C)C(=O)O)C(=O)[O-].[Na+]. The zero-order chi connectivity index (χ0) is 20.6. The number of carbonyl (C=O) groups is 4. The molecule has 1 aliphatic rings. The largest absolute Gasteiger partial charge is 1.00 e. The quantitative estimate of drug-likeness (QED) is 0.177. The van der Waals surface area contributed by atoms with Crippen LogP contribution in [-0.2, 0) is 19.2 Å². The van der Waals surface area contributed by atoms with Crippen molar-refractivity contribution in [2.24, 2.45) is 11.3 Å². The number of carboxylic acid groups (broad SMARTS) is 2. The van der Waals surface area contributed by atoms with Gasteiger partial charge in [0.25, 0.3) is 0 Å². The Labute approximate surface area is 191 Å². The minimum absolute atomic E-state index is 0. The molecule has 1 aliphatic carbocycles. The maximum Gasteiger partial charge on any atom is 1.00 e. The van der Waals surface area contributed by atoms with Crippen molar-refractivity contribution in [1.29, 1.82) is 0 Å². The molecular weight excluding hydrogens is 395 g/mol. The number of hydrogen-bond acceptors (Lipinski definition) is 6. The van der Waals surface area contributed by atoms with E-state index in [-0.39, 0.29) is 58.2 Å². The van der Waals surface area contributed by atoms with Crippen LogP contribution in [0.5, 0.6) is 0 Å². The fourth-order valence-corrected chi connectivity index (χ4v) is 3.57. The Balaban J connectivity index is 0.00000729. The smallest absolute Gasteiger partial charge is 0.548 e. The summed E-state index contributed by atoms with van der Waals surface area (Å²) in [6.45, 7) is 5.18. The summed E-state index contributed by atoms with van der Waals surface area (Å²) in [6, 6.07) is -1.02. The molecule has 2 amide bonds. The summed E-state index contributed by atoms with van der Waals surface area (Å²) in [6.07, 6.45) is 4.20. The Hall–Kier alpha value is -1.03. The van der Waals surface area contributed by atoms with Crippen LogP contribution >= 0.6 is 11.8 Å². The van der Waals surface area contributed by atoms with Crippen molar-refractivity contribution in [2.75, 3.05) is 11.5 Å². The average Bonchev–Trinajstić information content (AvgIpc) is 3.19. The van der Waals surface area contributed by atoms with Crippen LogP contribution < -0.4 is 45.3 Å². The molecule has 8 nitrogen and oxygen atoms in total. The van der Waals surface area contributed by atoms with Gasteiger partial charge in [0.2, 0.25) is 11.8 Å². The topological polar surface area (TPSA) is 136 Å². The van der Waals surface area contributed by atoms with Gasteiger partial charge in [-0.25, -0.2) is 4.79 Å². The second kappa shape index (κ2) is 12.5. The number of thioether (sulfide) groups is 1. The summed E-state index contributed by atoms with van der Waals surface area (Å²) in [5, 5.41) is 24.9. The molecule has 1 rings (SSSR count). The van der Waals surface area contributed by atoms with Crippen molar-refractivity contribution in [3.8, 4) is 0 Å². The van der Waals surface area contributed by atoms with Gasteiger partial charge in [0.1, 0.15) is 5.70 Å². The van der Waals surface area contributed by atoms with Crippen LogP contribution in [0.15, 0.2) is 11.8 Å². The Kier molecular flexibility index (Phi) is 12.1. The van der Waals surface area contributed by atoms with Crippen molar-refractivity contribution >= 4 is 35.5 Å². The van der Waals surface area contributed by atoms with Gasteiger partial charge >= 0.3 is 35.5 Å². The monoisotopic (exact) mass is 422 g/mol. The van der Waals surface area contributed by atoms with Gasteiger partial charge < -0.3 is 25.6 Å². The summed E-state index contributed by atoms with van der Waals surface area (Å²) < 4.78 is 0. The van der Waals surface area contributed by atoms with Gasteiger partial charge in [-0.2, -0.15) is 11.8 Å². The van der Waals surface area contributed by atoms with Gasteiger partial charge in [-0.1, -0.05) is 19.9 Å². The van der Waals surface area contributed by atoms with Gasteiger partial charge in [0, 0.05) is 18.6 Å². The van der Waals surface area contributed by atoms with E-state index in [4.69, 9.17) is 0 Å². The molecule has 28 heavy (non-hydrogen) atoms.